The highest BCUT2D eigenvalue weighted by Crippen LogP contribution is 2.26. The highest BCUT2D eigenvalue weighted by molar-refractivity contribution is 5.92. The summed E-state index contributed by atoms with van der Waals surface area (Å²) >= 11 is 0. The molecule has 1 aliphatic heterocycles. The van der Waals surface area contributed by atoms with Gasteiger partial charge in [0.05, 0.1) is 0 Å². The molecule has 2 N–H and O–H groups in total. The van der Waals surface area contributed by atoms with Gasteiger partial charge in [-0.2, -0.15) is 0 Å². The summed E-state index contributed by atoms with van der Waals surface area (Å²) in [6.45, 7) is 0.429. The number of nitrogens with one attached hydrogen (secondary N) is 1. The van der Waals surface area contributed by atoms with Crippen LogP contribution in [0.15, 0.2) is 48.5 Å². The monoisotopic (exact) mass is 372 g/mol. The van der Waals surface area contributed by atoms with Crippen molar-refractivity contribution >= 4 is 17.5 Å². The van der Waals surface area contributed by atoms with E-state index in [0.29, 0.717) is 37.4 Å². The van der Waals surface area contributed by atoms with Gasteiger partial charge in [-0.1, -0.05) is 12.1 Å². The molecule has 2 aromatic rings. The van der Waals surface area contributed by atoms with E-state index >= 15 is 0 Å². The Hall–Kier alpha value is -2.93. The number of halogens is 1. The number of anilines is 1. The van der Waals surface area contributed by atoms with Crippen molar-refractivity contribution < 1.29 is 23.8 Å². The summed E-state index contributed by atoms with van der Waals surface area (Å²) in [5.74, 6) is -0.427. The van der Waals surface area contributed by atoms with Crippen molar-refractivity contribution in [2.24, 2.45) is 5.92 Å². The number of aliphatic hydroxyl groups is 1. The van der Waals surface area contributed by atoms with Crippen LogP contribution in [0.5, 0.6) is 11.5 Å². The Morgan fingerprint density at radius 3 is 2.41 bits per heavy atom. The van der Waals surface area contributed by atoms with Gasteiger partial charge in [-0.15, -0.1) is 0 Å². The Labute approximate surface area is 156 Å². The van der Waals surface area contributed by atoms with Crippen LogP contribution >= 0.6 is 0 Å². The van der Waals surface area contributed by atoms with Gasteiger partial charge in [0.15, 0.2) is 11.6 Å². The van der Waals surface area contributed by atoms with Gasteiger partial charge in [0.25, 0.3) is 0 Å². The zero-order valence-corrected chi connectivity index (χ0v) is 14.7. The van der Waals surface area contributed by atoms with Crippen molar-refractivity contribution in [3.8, 4) is 11.5 Å². The first-order chi connectivity index (χ1) is 13.1. The molecule has 2 aromatic carbocycles. The molecule has 0 saturated carbocycles. The first-order valence-corrected chi connectivity index (χ1v) is 8.79. The maximum atomic E-state index is 13.6. The molecule has 7 heteroatoms. The largest absolute Gasteiger partial charge is 0.454 e. The highest BCUT2D eigenvalue weighted by atomic mass is 19.1. The number of para-hydroxylation sites is 1. The fourth-order valence-corrected chi connectivity index (χ4v) is 3.00. The van der Waals surface area contributed by atoms with Gasteiger partial charge in [0.1, 0.15) is 12.4 Å². The van der Waals surface area contributed by atoms with Crippen molar-refractivity contribution in [1.29, 1.82) is 0 Å². The highest BCUT2D eigenvalue weighted by Gasteiger charge is 2.27. The number of carbonyl (C=O) groups is 2. The Morgan fingerprint density at radius 1 is 1.11 bits per heavy atom. The minimum Gasteiger partial charge on any atom is -0.454 e. The number of rotatable bonds is 5. The summed E-state index contributed by atoms with van der Waals surface area (Å²) in [5.41, 5.74) is 0.620. The number of hydrogen-bond donors (Lipinski definition) is 2. The van der Waals surface area contributed by atoms with Gasteiger partial charge < -0.3 is 20.1 Å². The SMILES string of the molecule is O=C(Nc1ccc(Oc2ccccc2F)cc1)C1CCN(C(=O)CO)CC1. The quantitative estimate of drug-likeness (QED) is 0.846. The molecule has 2 amide bonds. The minimum absolute atomic E-state index is 0.103. The molecular formula is C20H21FN2O4. The second-order valence-corrected chi connectivity index (χ2v) is 6.36. The first kappa shape index (κ1) is 18.8. The number of amides is 2. The second kappa shape index (κ2) is 8.64. The number of ether oxygens (including phenoxy) is 1. The number of benzene rings is 2. The maximum Gasteiger partial charge on any atom is 0.248 e. The third-order valence-corrected chi connectivity index (χ3v) is 4.54. The zero-order chi connectivity index (χ0) is 19.2. The Balaban J connectivity index is 1.53. The van der Waals surface area contributed by atoms with Crippen molar-refractivity contribution in [2.45, 2.75) is 12.8 Å². The third-order valence-electron chi connectivity index (χ3n) is 4.54. The Bertz CT molecular complexity index is 802. The molecule has 1 aliphatic rings. The lowest BCUT2D eigenvalue weighted by atomic mass is 9.95. The van der Waals surface area contributed by atoms with Crippen LogP contribution in [0.2, 0.25) is 0 Å². The van der Waals surface area contributed by atoms with Crippen LogP contribution in [0.25, 0.3) is 0 Å². The van der Waals surface area contributed by atoms with E-state index in [4.69, 9.17) is 9.84 Å². The van der Waals surface area contributed by atoms with E-state index in [1.807, 2.05) is 0 Å². The number of piperidine rings is 1. The predicted octanol–water partition coefficient (Wildman–Crippen LogP) is 2.79. The van der Waals surface area contributed by atoms with Crippen LogP contribution in [0.3, 0.4) is 0 Å². The molecule has 6 nitrogen and oxygen atoms in total. The summed E-state index contributed by atoms with van der Waals surface area (Å²) in [6, 6.07) is 12.8. The zero-order valence-electron chi connectivity index (χ0n) is 14.7. The normalized spacial score (nSPS) is 14.7. The van der Waals surface area contributed by atoms with Crippen molar-refractivity contribution in [2.75, 3.05) is 25.0 Å². The maximum absolute atomic E-state index is 13.6. The lowest BCUT2D eigenvalue weighted by molar-refractivity contribution is -0.137. The predicted molar refractivity (Wildman–Crippen MR) is 97.9 cm³/mol. The van der Waals surface area contributed by atoms with E-state index in [1.165, 1.54) is 6.07 Å². The van der Waals surface area contributed by atoms with Crippen LogP contribution in [-0.4, -0.2) is 41.5 Å². The lowest BCUT2D eigenvalue weighted by Crippen LogP contribution is -2.42. The number of aliphatic hydroxyl groups excluding tert-OH is 1. The molecular weight excluding hydrogens is 351 g/mol. The molecule has 27 heavy (non-hydrogen) atoms. The summed E-state index contributed by atoms with van der Waals surface area (Å²) in [4.78, 5) is 25.4. The fraction of sp³-hybridized carbons (Fsp3) is 0.300. The summed E-state index contributed by atoms with van der Waals surface area (Å²) in [6.07, 6.45) is 1.12. The topological polar surface area (TPSA) is 78.9 Å². The van der Waals surface area contributed by atoms with E-state index in [2.05, 4.69) is 5.32 Å². The van der Waals surface area contributed by atoms with Gasteiger partial charge in [0, 0.05) is 24.7 Å². The molecule has 142 valence electrons. The molecule has 0 radical (unpaired) electrons. The van der Waals surface area contributed by atoms with E-state index in [1.54, 1.807) is 47.4 Å². The molecule has 0 spiro atoms. The van der Waals surface area contributed by atoms with Crippen LogP contribution in [0.4, 0.5) is 10.1 Å². The molecule has 0 atom stereocenters. The third kappa shape index (κ3) is 4.83. The molecule has 1 fully saturated rings. The lowest BCUT2D eigenvalue weighted by Gasteiger charge is -2.30. The van der Waals surface area contributed by atoms with E-state index in [-0.39, 0.29) is 23.5 Å². The van der Waals surface area contributed by atoms with Gasteiger partial charge in [-0.3, -0.25) is 9.59 Å². The van der Waals surface area contributed by atoms with Gasteiger partial charge >= 0.3 is 0 Å². The van der Waals surface area contributed by atoms with Gasteiger partial charge in [0.2, 0.25) is 11.8 Å². The van der Waals surface area contributed by atoms with Crippen molar-refractivity contribution in [1.82, 2.24) is 4.90 Å². The van der Waals surface area contributed by atoms with Crippen LogP contribution in [0.1, 0.15) is 12.8 Å². The number of hydrogen-bond acceptors (Lipinski definition) is 4. The van der Waals surface area contributed by atoms with Crippen LogP contribution in [-0.2, 0) is 9.59 Å². The van der Waals surface area contributed by atoms with Crippen molar-refractivity contribution in [3.05, 3.63) is 54.3 Å². The fourth-order valence-electron chi connectivity index (χ4n) is 3.00. The van der Waals surface area contributed by atoms with Crippen LogP contribution in [0, 0.1) is 11.7 Å². The van der Waals surface area contributed by atoms with Gasteiger partial charge in [-0.25, -0.2) is 4.39 Å². The average Bonchev–Trinajstić information content (AvgIpc) is 2.70. The summed E-state index contributed by atoms with van der Waals surface area (Å²) in [5, 5.41) is 11.7. The molecule has 3 rings (SSSR count). The average molecular weight is 372 g/mol. The molecule has 1 saturated heterocycles. The molecule has 1 heterocycles. The minimum atomic E-state index is -0.502. The van der Waals surface area contributed by atoms with Gasteiger partial charge in [-0.05, 0) is 49.2 Å². The van der Waals surface area contributed by atoms with E-state index < -0.39 is 12.4 Å². The van der Waals surface area contributed by atoms with E-state index in [9.17, 15) is 14.0 Å². The molecule has 0 unspecified atom stereocenters. The summed E-state index contributed by atoms with van der Waals surface area (Å²) < 4.78 is 19.1. The second-order valence-electron chi connectivity index (χ2n) is 6.36. The first-order valence-electron chi connectivity index (χ1n) is 8.79. The van der Waals surface area contributed by atoms with E-state index in [0.717, 1.165) is 0 Å². The summed E-state index contributed by atoms with van der Waals surface area (Å²) in [7, 11) is 0. The smallest absolute Gasteiger partial charge is 0.248 e. The molecule has 0 aliphatic carbocycles. The number of nitrogens with zero attached hydrogens (tertiary/aromatic N) is 1. The Kier molecular flexibility index (Phi) is 6.03. The number of carbonyl (C=O) groups excluding carboxylic acids is 2. The molecule has 0 aromatic heterocycles. The Morgan fingerprint density at radius 2 is 1.78 bits per heavy atom. The van der Waals surface area contributed by atoms with Crippen LogP contribution < -0.4 is 10.1 Å². The van der Waals surface area contributed by atoms with Crippen molar-refractivity contribution in [3.63, 3.8) is 0 Å². The molecule has 0 bridgehead atoms. The standard InChI is InChI=1S/C20H21FN2O4/c21-17-3-1-2-4-18(17)27-16-7-5-15(6-8-16)22-20(26)14-9-11-23(12-10-14)19(25)13-24/h1-8,14,24H,9-13H2,(H,22,26). The number of likely N-dealkylation sites (tertiary alicyclic amines) is 1.